The van der Waals surface area contributed by atoms with Crippen molar-refractivity contribution in [3.05, 3.63) is 33.9 Å². The van der Waals surface area contributed by atoms with Crippen LogP contribution >= 0.6 is 23.2 Å². The zero-order valence-electron chi connectivity index (χ0n) is 9.39. The van der Waals surface area contributed by atoms with Gasteiger partial charge < -0.3 is 10.3 Å². The van der Waals surface area contributed by atoms with Gasteiger partial charge in [-0.15, -0.1) is 0 Å². The maximum absolute atomic E-state index is 6.20. The number of rotatable bonds is 1. The van der Waals surface area contributed by atoms with Crippen molar-refractivity contribution >= 4 is 34.1 Å². The van der Waals surface area contributed by atoms with Crippen molar-refractivity contribution in [3.8, 4) is 0 Å². The monoisotopic (exact) mass is 268 g/mol. The Morgan fingerprint density at radius 1 is 1.12 bits per heavy atom. The second-order valence-corrected chi connectivity index (χ2v) is 5.34. The standard InChI is InChI=1S/C13H14Cl2N2/c14-11-2-1-9-10(7-17-13(9)12(11)15)8-3-5-16-6-4-8/h1-2,7-8,16-17H,3-6H2. The summed E-state index contributed by atoms with van der Waals surface area (Å²) >= 11 is 12.2. The fraction of sp³-hybridized carbons (Fsp3) is 0.385. The summed E-state index contributed by atoms with van der Waals surface area (Å²) in [6.45, 7) is 2.19. The number of nitrogens with one attached hydrogen (secondary N) is 2. The van der Waals surface area contributed by atoms with Gasteiger partial charge in [-0.1, -0.05) is 29.3 Å². The van der Waals surface area contributed by atoms with Crippen molar-refractivity contribution in [2.75, 3.05) is 13.1 Å². The first-order valence-electron chi connectivity index (χ1n) is 5.93. The first-order chi connectivity index (χ1) is 8.27. The number of piperidine rings is 1. The minimum Gasteiger partial charge on any atom is -0.360 e. The van der Waals surface area contributed by atoms with Crippen LogP contribution in [0, 0.1) is 0 Å². The molecule has 2 nitrogen and oxygen atoms in total. The lowest BCUT2D eigenvalue weighted by molar-refractivity contribution is 0.462. The molecule has 0 amide bonds. The van der Waals surface area contributed by atoms with Crippen molar-refractivity contribution in [2.24, 2.45) is 0 Å². The predicted molar refractivity (Wildman–Crippen MR) is 73.2 cm³/mol. The molecule has 1 aliphatic heterocycles. The number of hydrogen-bond acceptors (Lipinski definition) is 1. The highest BCUT2D eigenvalue weighted by atomic mass is 35.5. The Labute approximate surface area is 110 Å². The van der Waals surface area contributed by atoms with Gasteiger partial charge >= 0.3 is 0 Å². The fourth-order valence-electron chi connectivity index (χ4n) is 2.63. The van der Waals surface area contributed by atoms with E-state index in [0.717, 1.165) is 18.6 Å². The van der Waals surface area contributed by atoms with E-state index in [1.54, 1.807) is 0 Å². The van der Waals surface area contributed by atoms with Crippen LogP contribution in [0.1, 0.15) is 24.3 Å². The Kier molecular flexibility index (Phi) is 3.03. The van der Waals surface area contributed by atoms with Gasteiger partial charge in [-0.05, 0) is 43.5 Å². The first-order valence-corrected chi connectivity index (χ1v) is 6.68. The lowest BCUT2D eigenvalue weighted by Crippen LogP contribution is -2.26. The second-order valence-electron chi connectivity index (χ2n) is 4.55. The predicted octanol–water partition coefficient (Wildman–Crippen LogP) is 3.94. The molecule has 3 rings (SSSR count). The van der Waals surface area contributed by atoms with Gasteiger partial charge in [-0.3, -0.25) is 0 Å². The molecule has 17 heavy (non-hydrogen) atoms. The Morgan fingerprint density at radius 2 is 1.88 bits per heavy atom. The van der Waals surface area contributed by atoms with Gasteiger partial charge in [0.2, 0.25) is 0 Å². The Balaban J connectivity index is 2.08. The average Bonchev–Trinajstić information content (AvgIpc) is 2.79. The molecule has 90 valence electrons. The van der Waals surface area contributed by atoms with Crippen molar-refractivity contribution in [1.29, 1.82) is 0 Å². The summed E-state index contributed by atoms with van der Waals surface area (Å²) in [6, 6.07) is 3.95. The van der Waals surface area contributed by atoms with Crippen LogP contribution in [-0.4, -0.2) is 18.1 Å². The fourth-order valence-corrected chi connectivity index (χ4v) is 3.01. The summed E-state index contributed by atoms with van der Waals surface area (Å²) in [6.07, 6.45) is 4.46. The van der Waals surface area contributed by atoms with E-state index in [0.29, 0.717) is 16.0 Å². The third-order valence-corrected chi connectivity index (χ3v) is 4.36. The molecular formula is C13H14Cl2N2. The molecule has 1 saturated heterocycles. The molecular weight excluding hydrogens is 255 g/mol. The van der Waals surface area contributed by atoms with Gasteiger partial charge in [0.15, 0.2) is 0 Å². The molecule has 0 spiro atoms. The zero-order chi connectivity index (χ0) is 11.8. The van der Waals surface area contributed by atoms with E-state index in [1.807, 2.05) is 6.07 Å². The van der Waals surface area contributed by atoms with Gasteiger partial charge in [0.1, 0.15) is 0 Å². The minimum atomic E-state index is 0.609. The number of benzene rings is 1. The van der Waals surface area contributed by atoms with Crippen molar-refractivity contribution < 1.29 is 0 Å². The Bertz CT molecular complexity index is 542. The molecule has 1 aromatic carbocycles. The Morgan fingerprint density at radius 3 is 2.65 bits per heavy atom. The maximum atomic E-state index is 6.20. The zero-order valence-corrected chi connectivity index (χ0v) is 10.9. The van der Waals surface area contributed by atoms with Gasteiger partial charge in [0, 0.05) is 11.6 Å². The lowest BCUT2D eigenvalue weighted by Gasteiger charge is -2.22. The molecule has 1 aromatic heterocycles. The molecule has 0 aliphatic carbocycles. The molecule has 0 saturated carbocycles. The highest BCUT2D eigenvalue weighted by molar-refractivity contribution is 6.45. The SMILES string of the molecule is Clc1ccc2c(C3CCNCC3)c[nH]c2c1Cl. The topological polar surface area (TPSA) is 27.8 Å². The molecule has 0 unspecified atom stereocenters. The van der Waals surface area contributed by atoms with E-state index in [-0.39, 0.29) is 0 Å². The van der Waals surface area contributed by atoms with E-state index in [4.69, 9.17) is 23.2 Å². The van der Waals surface area contributed by atoms with Crippen molar-refractivity contribution in [2.45, 2.75) is 18.8 Å². The molecule has 2 heterocycles. The van der Waals surface area contributed by atoms with Crippen LogP contribution < -0.4 is 5.32 Å². The maximum Gasteiger partial charge on any atom is 0.0833 e. The number of aromatic nitrogens is 1. The Hall–Kier alpha value is -0.700. The average molecular weight is 269 g/mol. The number of H-pyrrole nitrogens is 1. The van der Waals surface area contributed by atoms with E-state index < -0.39 is 0 Å². The summed E-state index contributed by atoms with van der Waals surface area (Å²) in [5.74, 6) is 0.627. The van der Waals surface area contributed by atoms with Gasteiger partial charge in [0.05, 0.1) is 15.6 Å². The summed E-state index contributed by atoms with van der Waals surface area (Å²) < 4.78 is 0. The third-order valence-electron chi connectivity index (χ3n) is 3.56. The molecule has 0 bridgehead atoms. The number of aromatic amines is 1. The molecule has 1 aliphatic rings. The number of halogens is 2. The van der Waals surface area contributed by atoms with E-state index in [2.05, 4.69) is 22.6 Å². The molecule has 2 aromatic rings. The molecule has 0 atom stereocenters. The van der Waals surface area contributed by atoms with Crippen LogP contribution in [0.2, 0.25) is 10.0 Å². The van der Waals surface area contributed by atoms with Crippen LogP contribution in [0.4, 0.5) is 0 Å². The van der Waals surface area contributed by atoms with Crippen LogP contribution in [0.3, 0.4) is 0 Å². The quantitative estimate of drug-likeness (QED) is 0.806. The summed E-state index contributed by atoms with van der Waals surface area (Å²) in [4.78, 5) is 3.26. The highest BCUT2D eigenvalue weighted by Gasteiger charge is 2.19. The van der Waals surface area contributed by atoms with E-state index in [1.165, 1.54) is 23.8 Å². The van der Waals surface area contributed by atoms with Crippen molar-refractivity contribution in [1.82, 2.24) is 10.3 Å². The normalized spacial score (nSPS) is 17.8. The minimum absolute atomic E-state index is 0.609. The van der Waals surface area contributed by atoms with Gasteiger partial charge in [0.25, 0.3) is 0 Å². The first kappa shape index (κ1) is 11.4. The molecule has 2 N–H and O–H groups in total. The van der Waals surface area contributed by atoms with E-state index in [9.17, 15) is 0 Å². The van der Waals surface area contributed by atoms with Crippen LogP contribution in [0.15, 0.2) is 18.3 Å². The smallest absolute Gasteiger partial charge is 0.0833 e. The summed E-state index contributed by atoms with van der Waals surface area (Å²) in [5.41, 5.74) is 2.34. The summed E-state index contributed by atoms with van der Waals surface area (Å²) in [7, 11) is 0. The van der Waals surface area contributed by atoms with Crippen LogP contribution in [0.25, 0.3) is 10.9 Å². The molecule has 0 radical (unpaired) electrons. The van der Waals surface area contributed by atoms with E-state index >= 15 is 0 Å². The molecule has 4 heteroatoms. The van der Waals surface area contributed by atoms with Gasteiger partial charge in [-0.25, -0.2) is 0 Å². The third kappa shape index (κ3) is 1.95. The summed E-state index contributed by atoms with van der Waals surface area (Å²) in [5, 5.41) is 5.84. The van der Waals surface area contributed by atoms with Gasteiger partial charge in [-0.2, -0.15) is 0 Å². The number of hydrogen-bond donors (Lipinski definition) is 2. The largest absolute Gasteiger partial charge is 0.360 e. The van der Waals surface area contributed by atoms with Crippen LogP contribution in [0.5, 0.6) is 0 Å². The lowest BCUT2D eigenvalue weighted by atomic mass is 9.90. The highest BCUT2D eigenvalue weighted by Crippen LogP contribution is 2.36. The molecule has 1 fully saturated rings. The second kappa shape index (κ2) is 4.52. The van der Waals surface area contributed by atoms with Crippen LogP contribution in [-0.2, 0) is 0 Å². The van der Waals surface area contributed by atoms with Crippen molar-refractivity contribution in [3.63, 3.8) is 0 Å². The number of fused-ring (bicyclic) bond motifs is 1.